The number of ether oxygens (including phenoxy) is 2. The van der Waals surface area contributed by atoms with E-state index in [1.165, 1.54) is 17.5 Å². The van der Waals surface area contributed by atoms with Crippen LogP contribution in [0.1, 0.15) is 52.8 Å². The number of nitrogens with zero attached hydrogens (tertiary/aromatic N) is 4. The van der Waals surface area contributed by atoms with E-state index in [1.54, 1.807) is 6.07 Å². The van der Waals surface area contributed by atoms with Crippen molar-refractivity contribution < 1.29 is 18.7 Å². The number of benzene rings is 1. The van der Waals surface area contributed by atoms with E-state index in [1.807, 2.05) is 24.9 Å². The van der Waals surface area contributed by atoms with Gasteiger partial charge in [0.15, 0.2) is 12.2 Å². The molecule has 0 radical (unpaired) electrons. The number of oxazole rings is 1. The summed E-state index contributed by atoms with van der Waals surface area (Å²) in [5, 5.41) is 9.97. The van der Waals surface area contributed by atoms with E-state index in [-0.39, 0.29) is 18.0 Å². The highest BCUT2D eigenvalue weighted by atomic mass is 16.5. The minimum Gasteiger partial charge on any atom is -0.486 e. The van der Waals surface area contributed by atoms with Crippen molar-refractivity contribution in [2.45, 2.75) is 58.3 Å². The average molecular weight is 536 g/mol. The number of anilines is 2. The molecule has 0 aliphatic carbocycles. The first-order valence-corrected chi connectivity index (χ1v) is 13.6. The number of amides is 1. The molecule has 39 heavy (non-hydrogen) atoms. The highest BCUT2D eigenvalue weighted by molar-refractivity contribution is 5.93. The molecule has 0 spiro atoms. The molecule has 2 aromatic heterocycles. The highest BCUT2D eigenvalue weighted by Gasteiger charge is 2.22. The van der Waals surface area contributed by atoms with Crippen LogP contribution in [0.3, 0.4) is 0 Å². The summed E-state index contributed by atoms with van der Waals surface area (Å²) in [4.78, 5) is 28.2. The molecule has 1 aromatic carbocycles. The van der Waals surface area contributed by atoms with Gasteiger partial charge in [0.05, 0.1) is 24.9 Å². The van der Waals surface area contributed by atoms with E-state index in [9.17, 15) is 4.79 Å². The Kier molecular flexibility index (Phi) is 8.58. The van der Waals surface area contributed by atoms with Gasteiger partial charge < -0.3 is 34.7 Å². The molecule has 1 saturated heterocycles. The van der Waals surface area contributed by atoms with Gasteiger partial charge >= 0.3 is 0 Å². The first kappa shape index (κ1) is 26.9. The van der Waals surface area contributed by atoms with Crippen LogP contribution in [0.2, 0.25) is 0 Å². The average Bonchev–Trinajstić information content (AvgIpc) is 3.33. The monoisotopic (exact) mass is 535 g/mol. The summed E-state index contributed by atoms with van der Waals surface area (Å²) in [6.07, 6.45) is 4.10. The SMILES string of the molecule is CCCN(C)c1nc(NC2COC2)cc(C(=O)NCC[C@@H]2Cc3ccc(OCc4ocnc4C)cc3CN2)n1. The number of rotatable bonds is 12. The first-order chi connectivity index (χ1) is 19.0. The topological polar surface area (TPSA) is 127 Å². The fourth-order valence-corrected chi connectivity index (χ4v) is 4.68. The summed E-state index contributed by atoms with van der Waals surface area (Å²) in [6, 6.07) is 8.40. The molecule has 0 unspecified atom stereocenters. The van der Waals surface area contributed by atoms with Crippen LogP contribution in [0, 0.1) is 6.92 Å². The van der Waals surface area contributed by atoms with Crippen molar-refractivity contribution in [2.24, 2.45) is 0 Å². The fourth-order valence-electron chi connectivity index (χ4n) is 4.68. The molecule has 11 heteroatoms. The smallest absolute Gasteiger partial charge is 0.270 e. The zero-order chi connectivity index (χ0) is 27.2. The van der Waals surface area contributed by atoms with E-state index in [4.69, 9.17) is 13.9 Å². The number of aryl methyl sites for hydroxylation is 1. The molecule has 208 valence electrons. The molecule has 11 nitrogen and oxygen atoms in total. The summed E-state index contributed by atoms with van der Waals surface area (Å²) >= 11 is 0. The molecular weight excluding hydrogens is 498 g/mol. The van der Waals surface area contributed by atoms with E-state index >= 15 is 0 Å². The van der Waals surface area contributed by atoms with Gasteiger partial charge in [-0.1, -0.05) is 13.0 Å². The largest absolute Gasteiger partial charge is 0.486 e. The summed E-state index contributed by atoms with van der Waals surface area (Å²) in [5.41, 5.74) is 3.72. The molecule has 2 aliphatic rings. The predicted molar refractivity (Wildman–Crippen MR) is 147 cm³/mol. The normalized spacial score (nSPS) is 16.7. The molecule has 4 heterocycles. The minimum absolute atomic E-state index is 0.198. The van der Waals surface area contributed by atoms with Gasteiger partial charge in [-0.05, 0) is 49.4 Å². The van der Waals surface area contributed by atoms with Crippen LogP contribution in [0.5, 0.6) is 5.75 Å². The van der Waals surface area contributed by atoms with Crippen LogP contribution < -0.4 is 25.6 Å². The van der Waals surface area contributed by atoms with Crippen LogP contribution in [-0.4, -0.2) is 66.3 Å². The van der Waals surface area contributed by atoms with Crippen molar-refractivity contribution >= 4 is 17.7 Å². The lowest BCUT2D eigenvalue weighted by Gasteiger charge is -2.28. The fraction of sp³-hybridized carbons (Fsp3) is 0.500. The number of carbonyl (C=O) groups excluding carboxylic acids is 1. The maximum Gasteiger partial charge on any atom is 0.270 e. The van der Waals surface area contributed by atoms with Crippen molar-refractivity contribution in [3.05, 3.63) is 58.9 Å². The van der Waals surface area contributed by atoms with Crippen molar-refractivity contribution in [1.29, 1.82) is 0 Å². The van der Waals surface area contributed by atoms with Crippen molar-refractivity contribution in [2.75, 3.05) is 43.6 Å². The third-order valence-corrected chi connectivity index (χ3v) is 7.06. The number of nitrogens with one attached hydrogen (secondary N) is 3. The van der Waals surface area contributed by atoms with Crippen molar-refractivity contribution in [3.63, 3.8) is 0 Å². The van der Waals surface area contributed by atoms with Gasteiger partial charge in [-0.2, -0.15) is 4.98 Å². The molecule has 2 aliphatic heterocycles. The number of aromatic nitrogens is 3. The van der Waals surface area contributed by atoms with Gasteiger partial charge in [-0.15, -0.1) is 0 Å². The van der Waals surface area contributed by atoms with Crippen LogP contribution in [-0.2, 0) is 24.3 Å². The number of fused-ring (bicyclic) bond motifs is 1. The molecule has 1 amide bonds. The number of hydrogen-bond donors (Lipinski definition) is 3. The van der Waals surface area contributed by atoms with E-state index in [0.717, 1.165) is 49.6 Å². The van der Waals surface area contributed by atoms with E-state index in [2.05, 4.69) is 50.0 Å². The molecule has 1 fully saturated rings. The second-order valence-corrected chi connectivity index (χ2v) is 10.1. The summed E-state index contributed by atoms with van der Waals surface area (Å²) < 4.78 is 16.5. The minimum atomic E-state index is -0.198. The Morgan fingerprint density at radius 2 is 2.10 bits per heavy atom. The van der Waals surface area contributed by atoms with Gasteiger partial charge in [-0.3, -0.25) is 4.79 Å². The maximum absolute atomic E-state index is 13.0. The Hall–Kier alpha value is -3.70. The van der Waals surface area contributed by atoms with Crippen molar-refractivity contribution in [1.82, 2.24) is 25.6 Å². The Morgan fingerprint density at radius 1 is 1.23 bits per heavy atom. The standard InChI is InChI=1S/C28H37N7O4/c1-4-9-35(3)28-33-24(12-26(34-28)32-22-14-37-15-22)27(36)29-8-7-21-10-19-5-6-23(11-20(19)13-30-21)38-16-25-18(2)31-17-39-25/h5-6,11-12,17,21-22,30H,4,7-10,13-16H2,1-3H3,(H,29,36)(H,32,33,34)/t21-/m1/s1. The van der Waals surface area contributed by atoms with Gasteiger partial charge in [0, 0.05) is 38.8 Å². The summed E-state index contributed by atoms with van der Waals surface area (Å²) in [7, 11) is 1.94. The Balaban J connectivity index is 1.13. The Morgan fingerprint density at radius 3 is 2.85 bits per heavy atom. The van der Waals surface area contributed by atoms with Crippen LogP contribution >= 0.6 is 0 Å². The third kappa shape index (κ3) is 6.85. The molecule has 3 aromatic rings. The molecule has 1 atom stereocenters. The number of carbonyl (C=O) groups is 1. The lowest BCUT2D eigenvalue weighted by atomic mass is 9.94. The molecule has 0 saturated carbocycles. The molecule has 0 bridgehead atoms. The highest BCUT2D eigenvalue weighted by Crippen LogP contribution is 2.24. The number of hydrogen-bond acceptors (Lipinski definition) is 10. The van der Waals surface area contributed by atoms with Gasteiger partial charge in [0.25, 0.3) is 5.91 Å². The van der Waals surface area contributed by atoms with Gasteiger partial charge in [-0.25, -0.2) is 9.97 Å². The molecular formula is C28H37N7O4. The second-order valence-electron chi connectivity index (χ2n) is 10.1. The van der Waals surface area contributed by atoms with Crippen LogP contribution in [0.4, 0.5) is 11.8 Å². The second kappa shape index (κ2) is 12.4. The quantitative estimate of drug-likeness (QED) is 0.319. The first-order valence-electron chi connectivity index (χ1n) is 13.6. The Bertz CT molecular complexity index is 1280. The third-order valence-electron chi connectivity index (χ3n) is 7.06. The van der Waals surface area contributed by atoms with Crippen LogP contribution in [0.15, 0.2) is 35.1 Å². The van der Waals surface area contributed by atoms with Gasteiger partial charge in [0.1, 0.15) is 23.9 Å². The summed E-state index contributed by atoms with van der Waals surface area (Å²) in [5.74, 6) is 2.53. The molecule has 5 rings (SSSR count). The predicted octanol–water partition coefficient (Wildman–Crippen LogP) is 2.84. The maximum atomic E-state index is 13.0. The summed E-state index contributed by atoms with van der Waals surface area (Å²) in [6.45, 7) is 7.75. The zero-order valence-corrected chi connectivity index (χ0v) is 22.8. The van der Waals surface area contributed by atoms with Crippen LogP contribution in [0.25, 0.3) is 0 Å². The zero-order valence-electron chi connectivity index (χ0n) is 22.8. The Labute approximate surface area is 228 Å². The van der Waals surface area contributed by atoms with E-state index in [0.29, 0.717) is 43.8 Å². The lowest BCUT2D eigenvalue weighted by molar-refractivity contribution is 0.0209. The van der Waals surface area contributed by atoms with Gasteiger partial charge in [0.2, 0.25) is 5.95 Å². The lowest BCUT2D eigenvalue weighted by Crippen LogP contribution is -2.41. The molecule has 3 N–H and O–H groups in total. The van der Waals surface area contributed by atoms with Crippen molar-refractivity contribution in [3.8, 4) is 5.75 Å². The van der Waals surface area contributed by atoms with E-state index < -0.39 is 0 Å².